The van der Waals surface area contributed by atoms with Crippen molar-refractivity contribution in [1.29, 1.82) is 0 Å². The van der Waals surface area contributed by atoms with Gasteiger partial charge in [0.15, 0.2) is 0 Å². The molecule has 0 aromatic heterocycles. The SMILES string of the molecule is CC(C)N1CCN(C(C)C)CC1.CC(C)N1CCN(C)CC1.CC(C)OCCN1CCN(C(C)C)CC1.CCCN1CCN(C(C)C)CC1.CCN1CCN(C(C)C)CC1. The maximum absolute atomic E-state index is 5.56. The van der Waals surface area contributed by atoms with Crippen LogP contribution in [0.4, 0.5) is 0 Å². The lowest BCUT2D eigenvalue weighted by molar-refractivity contribution is 0.0404. The largest absolute Gasteiger partial charge is 0.377 e. The highest BCUT2D eigenvalue weighted by Gasteiger charge is 2.21. The van der Waals surface area contributed by atoms with Gasteiger partial charge >= 0.3 is 0 Å². The number of likely N-dealkylation sites (N-methyl/N-ethyl adjacent to an activating group) is 2. The van der Waals surface area contributed by atoms with Gasteiger partial charge in [0.05, 0.1) is 12.7 Å². The molecule has 0 spiro atoms. The van der Waals surface area contributed by atoms with Crippen LogP contribution in [0.15, 0.2) is 0 Å². The summed E-state index contributed by atoms with van der Waals surface area (Å²) in [6, 6.07) is 4.33. The lowest BCUT2D eigenvalue weighted by atomic mass is 10.2. The van der Waals surface area contributed by atoms with Crippen LogP contribution in [0.5, 0.6) is 0 Å². The minimum absolute atomic E-state index is 0.363. The van der Waals surface area contributed by atoms with Gasteiger partial charge in [-0.1, -0.05) is 13.8 Å². The smallest absolute Gasteiger partial charge is 0.0596 e. The summed E-state index contributed by atoms with van der Waals surface area (Å²) in [7, 11) is 2.19. The fourth-order valence-electron chi connectivity index (χ4n) is 8.44. The number of hydrogen-bond acceptors (Lipinski definition) is 11. The monoisotopic (exact) mass is 853 g/mol. The number of nitrogens with zero attached hydrogens (tertiary/aromatic N) is 10. The average Bonchev–Trinajstić information content (AvgIpc) is 3.22. The van der Waals surface area contributed by atoms with E-state index in [1.807, 2.05) is 0 Å². The molecular formula is C49H108N10O. The first-order chi connectivity index (χ1) is 28.4. The molecule has 0 unspecified atom stereocenters. The van der Waals surface area contributed by atoms with Gasteiger partial charge < -0.3 is 19.4 Å². The van der Waals surface area contributed by atoms with Crippen molar-refractivity contribution >= 4 is 0 Å². The highest BCUT2D eigenvalue weighted by molar-refractivity contribution is 4.78. The van der Waals surface area contributed by atoms with Gasteiger partial charge in [-0.15, -0.1) is 0 Å². The van der Waals surface area contributed by atoms with Crippen molar-refractivity contribution in [3.63, 3.8) is 0 Å². The van der Waals surface area contributed by atoms with Gasteiger partial charge in [0.25, 0.3) is 0 Å². The molecule has 0 amide bonds. The van der Waals surface area contributed by atoms with Gasteiger partial charge in [-0.25, -0.2) is 0 Å². The molecule has 0 saturated carbocycles. The van der Waals surface area contributed by atoms with Gasteiger partial charge in [-0.2, -0.15) is 0 Å². The maximum Gasteiger partial charge on any atom is 0.0596 e. The van der Waals surface area contributed by atoms with Gasteiger partial charge in [0.2, 0.25) is 0 Å². The van der Waals surface area contributed by atoms with E-state index < -0.39 is 0 Å². The molecule has 360 valence electrons. The molecule has 0 radical (unpaired) electrons. The van der Waals surface area contributed by atoms with E-state index in [1.54, 1.807) is 0 Å². The summed E-state index contributed by atoms with van der Waals surface area (Å²) in [6.45, 7) is 65.3. The Balaban J connectivity index is 0.000000377. The van der Waals surface area contributed by atoms with E-state index in [0.717, 1.165) is 43.4 Å². The first-order valence-electron chi connectivity index (χ1n) is 25.3. The van der Waals surface area contributed by atoms with Crippen molar-refractivity contribution in [3.05, 3.63) is 0 Å². The van der Waals surface area contributed by atoms with Crippen LogP contribution in [0.1, 0.15) is 117 Å². The van der Waals surface area contributed by atoms with Crippen molar-refractivity contribution in [2.24, 2.45) is 0 Å². The highest BCUT2D eigenvalue weighted by atomic mass is 16.5. The molecule has 5 saturated heterocycles. The second-order valence-corrected chi connectivity index (χ2v) is 20.1. The predicted octanol–water partition coefficient (Wildman–Crippen LogP) is 5.96. The van der Waals surface area contributed by atoms with Gasteiger partial charge in [0, 0.05) is 174 Å². The third-order valence-corrected chi connectivity index (χ3v) is 13.3. The van der Waals surface area contributed by atoms with E-state index in [4.69, 9.17) is 4.74 Å². The molecule has 0 atom stereocenters. The van der Waals surface area contributed by atoms with Crippen LogP contribution in [0.3, 0.4) is 0 Å². The summed E-state index contributed by atoms with van der Waals surface area (Å²) in [5.41, 5.74) is 0. The minimum Gasteiger partial charge on any atom is -0.377 e. The van der Waals surface area contributed by atoms with E-state index in [-0.39, 0.29) is 0 Å². The number of hydrogen-bond donors (Lipinski definition) is 0. The topological polar surface area (TPSA) is 41.6 Å². The maximum atomic E-state index is 5.56. The van der Waals surface area contributed by atoms with E-state index in [2.05, 4.69) is 167 Å². The van der Waals surface area contributed by atoms with Crippen molar-refractivity contribution in [1.82, 2.24) is 49.0 Å². The van der Waals surface area contributed by atoms with Crippen LogP contribution in [0.25, 0.3) is 0 Å². The summed E-state index contributed by atoms with van der Waals surface area (Å²) in [5, 5.41) is 0. The van der Waals surface area contributed by atoms with E-state index in [1.165, 1.54) is 150 Å². The fourth-order valence-corrected chi connectivity index (χ4v) is 8.44. The summed E-state index contributed by atoms with van der Waals surface area (Å²) in [5.74, 6) is 0. The van der Waals surface area contributed by atoms with E-state index in [9.17, 15) is 0 Å². The Bertz CT molecular complexity index is 938. The molecule has 0 bridgehead atoms. The Morgan fingerprint density at radius 3 is 0.833 bits per heavy atom. The third-order valence-electron chi connectivity index (χ3n) is 13.3. The van der Waals surface area contributed by atoms with Crippen molar-refractivity contribution in [2.45, 2.75) is 160 Å². The minimum atomic E-state index is 0.363. The molecule has 5 rings (SSSR count). The molecule has 5 aliphatic rings. The highest BCUT2D eigenvalue weighted by Crippen LogP contribution is 2.10. The lowest BCUT2D eigenvalue weighted by Gasteiger charge is -2.38. The van der Waals surface area contributed by atoms with Crippen LogP contribution < -0.4 is 0 Å². The average molecular weight is 853 g/mol. The molecule has 60 heavy (non-hydrogen) atoms. The lowest BCUT2D eigenvalue weighted by Crippen LogP contribution is -2.50. The zero-order chi connectivity index (χ0) is 45.2. The Morgan fingerprint density at radius 2 is 0.583 bits per heavy atom. The molecular weight excluding hydrogens is 745 g/mol. The Labute approximate surface area is 376 Å². The van der Waals surface area contributed by atoms with Crippen molar-refractivity contribution in [2.75, 3.05) is 164 Å². The van der Waals surface area contributed by atoms with Crippen molar-refractivity contribution < 1.29 is 4.74 Å². The van der Waals surface area contributed by atoms with E-state index >= 15 is 0 Å². The van der Waals surface area contributed by atoms with Crippen molar-refractivity contribution in [3.8, 4) is 0 Å². The first kappa shape index (κ1) is 57.6. The first-order valence-corrected chi connectivity index (χ1v) is 25.3. The number of piperazine rings is 5. The summed E-state index contributed by atoms with van der Waals surface area (Å²) >= 11 is 0. The molecule has 11 heteroatoms. The zero-order valence-corrected chi connectivity index (χ0v) is 43.6. The van der Waals surface area contributed by atoms with Gasteiger partial charge in [0.1, 0.15) is 0 Å². The van der Waals surface area contributed by atoms with Crippen LogP contribution >= 0.6 is 0 Å². The molecule has 5 aliphatic heterocycles. The Kier molecular flexibility index (Phi) is 31.8. The van der Waals surface area contributed by atoms with Crippen LogP contribution in [0, 0.1) is 0 Å². The second kappa shape index (κ2) is 33.1. The number of ether oxygens (including phenoxy) is 1. The molecule has 0 aliphatic carbocycles. The molecule has 11 nitrogen and oxygen atoms in total. The Morgan fingerprint density at radius 1 is 0.333 bits per heavy atom. The van der Waals surface area contributed by atoms with Gasteiger partial charge in [-0.3, -0.25) is 34.3 Å². The summed E-state index contributed by atoms with van der Waals surface area (Å²) < 4.78 is 5.56. The standard InChI is InChI=1S/C12H26N2O.2C10H22N2.C9H20N2.C8H18N2/c1-11(2)14-7-5-13(6-8-14)9-10-15-12(3)4;1-9(2)11-5-7-12(8-6-11)10(3)4;1-4-5-11-6-8-12(9-7-11)10(2)3;1-4-10-5-7-11(8-6-10)9(2)3;1-8(2)10-6-4-9(3)5-7-10/h11-12H,5-10H2,1-4H3;9-10H,5-8H2,1-4H3;10H,4-9H2,1-3H3;9H,4-8H2,1-3H3;8H,4-7H2,1-3H3. The Hall–Kier alpha value is -0.440. The van der Waals surface area contributed by atoms with Crippen LogP contribution in [-0.4, -0.2) is 256 Å². The number of rotatable bonds is 13. The molecule has 5 heterocycles. The normalized spacial score (nSPS) is 22.2. The third kappa shape index (κ3) is 25.8. The zero-order valence-electron chi connectivity index (χ0n) is 43.6. The predicted molar refractivity (Wildman–Crippen MR) is 264 cm³/mol. The fraction of sp³-hybridized carbons (Fsp3) is 1.00. The van der Waals surface area contributed by atoms with E-state index in [0.29, 0.717) is 12.1 Å². The summed E-state index contributed by atoms with van der Waals surface area (Å²) in [4.78, 5) is 25.3. The van der Waals surface area contributed by atoms with Crippen LogP contribution in [-0.2, 0) is 4.74 Å². The molecule has 0 aromatic carbocycles. The summed E-state index contributed by atoms with van der Waals surface area (Å²) in [6.07, 6.45) is 1.66. The second-order valence-electron chi connectivity index (χ2n) is 20.1. The molecule has 5 fully saturated rings. The quantitative estimate of drug-likeness (QED) is 0.221. The van der Waals surface area contributed by atoms with Gasteiger partial charge in [-0.05, 0) is 123 Å². The molecule has 0 aromatic rings. The van der Waals surface area contributed by atoms with Crippen LogP contribution in [0.2, 0.25) is 0 Å². The molecule has 0 N–H and O–H groups in total.